The van der Waals surface area contributed by atoms with E-state index in [4.69, 9.17) is 0 Å². The van der Waals surface area contributed by atoms with Gasteiger partial charge in [-0.1, -0.05) is 5.16 Å². The first-order valence-electron chi connectivity index (χ1n) is 8.07. The number of nitrogens with one attached hydrogen (secondary N) is 1. The quantitative estimate of drug-likeness (QED) is 0.821. The molecule has 2 aliphatic rings. The molecule has 2 fully saturated rings. The van der Waals surface area contributed by atoms with Crippen molar-refractivity contribution >= 4 is 27.3 Å². The molecule has 2 saturated heterocycles. The highest BCUT2D eigenvalue weighted by molar-refractivity contribution is 7.91. The van der Waals surface area contributed by atoms with Gasteiger partial charge in [0.25, 0.3) is 10.0 Å². The van der Waals surface area contributed by atoms with Gasteiger partial charge < -0.3 is 9.84 Å². The molecule has 0 aliphatic carbocycles. The Morgan fingerprint density at radius 2 is 2.11 bits per heavy atom. The highest BCUT2D eigenvalue weighted by Gasteiger charge is 2.41. The summed E-state index contributed by atoms with van der Waals surface area (Å²) in [6, 6.07) is 2.03. The van der Waals surface area contributed by atoms with Crippen LogP contribution in [0.4, 0.5) is 13.2 Å². The van der Waals surface area contributed by atoms with Crippen LogP contribution in [0.5, 0.6) is 0 Å². The number of piperidine rings is 1. The van der Waals surface area contributed by atoms with Crippen molar-refractivity contribution in [3.8, 4) is 11.3 Å². The molecule has 0 radical (unpaired) electrons. The summed E-state index contributed by atoms with van der Waals surface area (Å²) in [6.45, 7) is 0.514. The third kappa shape index (κ3) is 3.36. The molecule has 1 amide bonds. The summed E-state index contributed by atoms with van der Waals surface area (Å²) in [7, 11) is -3.79. The fourth-order valence-corrected chi connectivity index (χ4v) is 6.21. The van der Waals surface area contributed by atoms with Crippen LogP contribution in [0.3, 0.4) is 0 Å². The highest BCUT2D eigenvalue weighted by atomic mass is 32.2. The first-order valence-corrected chi connectivity index (χ1v) is 10.4. The number of alkyl halides is 3. The number of nitrogens with zero attached hydrogens (tertiary/aromatic N) is 2. The van der Waals surface area contributed by atoms with E-state index in [-0.39, 0.29) is 46.4 Å². The van der Waals surface area contributed by atoms with Gasteiger partial charge in [-0.25, -0.2) is 8.42 Å². The number of halogens is 3. The van der Waals surface area contributed by atoms with Crippen molar-refractivity contribution in [2.75, 3.05) is 13.1 Å². The number of hydrogen-bond acceptors (Lipinski definition) is 6. The van der Waals surface area contributed by atoms with Crippen molar-refractivity contribution in [2.24, 2.45) is 5.92 Å². The van der Waals surface area contributed by atoms with E-state index in [0.717, 1.165) is 17.4 Å². The maximum atomic E-state index is 12.9. The van der Waals surface area contributed by atoms with Gasteiger partial charge in [0.15, 0.2) is 0 Å². The predicted molar refractivity (Wildman–Crippen MR) is 88.2 cm³/mol. The third-order valence-corrected chi connectivity index (χ3v) is 8.03. The van der Waals surface area contributed by atoms with Crippen molar-refractivity contribution in [3.63, 3.8) is 0 Å². The highest BCUT2D eigenvalue weighted by Crippen LogP contribution is 2.36. The molecule has 0 aromatic carbocycles. The Labute approximate surface area is 156 Å². The molecule has 146 valence electrons. The van der Waals surface area contributed by atoms with Crippen LogP contribution in [0, 0.1) is 5.92 Å². The molecule has 0 spiro atoms. The lowest BCUT2D eigenvalue weighted by molar-refractivity contribution is -0.155. The zero-order valence-electron chi connectivity index (χ0n) is 13.7. The van der Waals surface area contributed by atoms with E-state index in [1.54, 1.807) is 0 Å². The molecule has 4 rings (SSSR count). The maximum Gasteiger partial charge on any atom is 0.452 e. The largest absolute Gasteiger partial charge is 0.452 e. The van der Waals surface area contributed by atoms with E-state index < -0.39 is 22.0 Å². The average Bonchev–Trinajstić information content (AvgIpc) is 3.31. The van der Waals surface area contributed by atoms with Gasteiger partial charge in [0.05, 0.1) is 0 Å². The van der Waals surface area contributed by atoms with Crippen LogP contribution in [0.25, 0.3) is 11.3 Å². The van der Waals surface area contributed by atoms with E-state index in [9.17, 15) is 26.4 Å². The number of rotatable bonds is 3. The number of sulfonamides is 1. The molecule has 2 aliphatic heterocycles. The molecule has 1 N–H and O–H groups in total. The Morgan fingerprint density at radius 1 is 1.33 bits per heavy atom. The van der Waals surface area contributed by atoms with Gasteiger partial charge in [0.2, 0.25) is 11.7 Å². The van der Waals surface area contributed by atoms with Gasteiger partial charge >= 0.3 is 6.18 Å². The second-order valence-corrected chi connectivity index (χ2v) is 9.59. The molecule has 7 nitrogen and oxygen atoms in total. The van der Waals surface area contributed by atoms with Crippen LogP contribution in [-0.4, -0.2) is 42.9 Å². The van der Waals surface area contributed by atoms with Crippen LogP contribution in [0.15, 0.2) is 26.2 Å². The van der Waals surface area contributed by atoms with Crippen molar-refractivity contribution < 1.29 is 30.9 Å². The molecule has 27 heavy (non-hydrogen) atoms. The standard InChI is InChI=1S/C15H14F3N3O4S2/c16-15(17,18)12-5-11(20-25-12)9-4-14(26-7-9)27(23,24)21-2-1-10-8(6-21)3-13(22)19-10/h4-5,7-8,10H,1-3,6H2,(H,19,22)/t8-,10+/m1/s1. The predicted octanol–water partition coefficient (Wildman–Crippen LogP) is 2.32. The Balaban J connectivity index is 1.55. The first-order chi connectivity index (χ1) is 12.6. The lowest BCUT2D eigenvalue weighted by Gasteiger charge is -2.33. The molecule has 12 heteroatoms. The summed E-state index contributed by atoms with van der Waals surface area (Å²) >= 11 is 0.912. The minimum atomic E-state index is -4.66. The minimum Gasteiger partial charge on any atom is -0.353 e. The molecule has 2 aromatic rings. The fraction of sp³-hybridized carbons (Fsp3) is 0.467. The summed E-state index contributed by atoms with van der Waals surface area (Å²) in [4.78, 5) is 11.5. The summed E-state index contributed by atoms with van der Waals surface area (Å²) in [6.07, 6.45) is -3.83. The van der Waals surface area contributed by atoms with Crippen LogP contribution < -0.4 is 5.32 Å². The SMILES string of the molecule is O=C1C[C@@H]2CN(S(=O)(=O)c3cc(-c4cc(C(F)(F)F)on4)cs3)CC[C@@H]2N1. The molecule has 4 heterocycles. The molecular formula is C15H14F3N3O4S2. The first kappa shape index (κ1) is 18.4. The van der Waals surface area contributed by atoms with Crippen molar-refractivity contribution in [2.45, 2.75) is 29.3 Å². The number of amides is 1. The van der Waals surface area contributed by atoms with Crippen LogP contribution >= 0.6 is 11.3 Å². The lowest BCUT2D eigenvalue weighted by atomic mass is 9.95. The monoisotopic (exact) mass is 421 g/mol. The number of thiophene rings is 1. The van der Waals surface area contributed by atoms with E-state index in [1.807, 2.05) is 0 Å². The van der Waals surface area contributed by atoms with Crippen LogP contribution in [0.2, 0.25) is 0 Å². The summed E-state index contributed by atoms with van der Waals surface area (Å²) < 4.78 is 69.3. The number of aromatic nitrogens is 1. The van der Waals surface area contributed by atoms with Gasteiger partial charge in [-0.3, -0.25) is 4.79 Å². The van der Waals surface area contributed by atoms with Gasteiger partial charge in [-0.15, -0.1) is 11.3 Å². The zero-order chi connectivity index (χ0) is 19.4. The van der Waals surface area contributed by atoms with Gasteiger partial charge in [-0.2, -0.15) is 17.5 Å². The number of hydrogen-bond donors (Lipinski definition) is 1. The molecule has 0 saturated carbocycles. The number of fused-ring (bicyclic) bond motifs is 1. The van der Waals surface area contributed by atoms with Gasteiger partial charge in [0, 0.05) is 48.5 Å². The maximum absolute atomic E-state index is 12.9. The van der Waals surface area contributed by atoms with Gasteiger partial charge in [0.1, 0.15) is 9.90 Å². The van der Waals surface area contributed by atoms with Crippen molar-refractivity contribution in [1.29, 1.82) is 0 Å². The second-order valence-electron chi connectivity index (χ2n) is 6.52. The third-order valence-electron chi connectivity index (χ3n) is 4.75. The molecule has 0 bridgehead atoms. The van der Waals surface area contributed by atoms with Crippen LogP contribution in [-0.2, 0) is 21.0 Å². The molecular weight excluding hydrogens is 407 g/mol. The Hall–Kier alpha value is -1.92. The van der Waals surface area contributed by atoms with Crippen LogP contribution in [0.1, 0.15) is 18.6 Å². The number of carbonyl (C=O) groups excluding carboxylic acids is 1. The second kappa shape index (κ2) is 6.31. The minimum absolute atomic E-state index is 0.00114. The van der Waals surface area contributed by atoms with E-state index in [2.05, 4.69) is 15.0 Å². The summed E-state index contributed by atoms with van der Waals surface area (Å²) in [5.41, 5.74) is 0.162. The molecule has 0 unspecified atom stereocenters. The summed E-state index contributed by atoms with van der Waals surface area (Å²) in [5.74, 6) is -1.38. The van der Waals surface area contributed by atoms with Crippen molar-refractivity contribution in [3.05, 3.63) is 23.3 Å². The Bertz CT molecular complexity index is 983. The molecule has 2 atom stereocenters. The average molecular weight is 421 g/mol. The number of carbonyl (C=O) groups is 1. The van der Waals surface area contributed by atoms with E-state index in [0.29, 0.717) is 12.8 Å². The Kier molecular flexibility index (Phi) is 4.31. The lowest BCUT2D eigenvalue weighted by Crippen LogP contribution is -2.46. The smallest absolute Gasteiger partial charge is 0.353 e. The zero-order valence-corrected chi connectivity index (χ0v) is 15.3. The van der Waals surface area contributed by atoms with E-state index in [1.165, 1.54) is 15.8 Å². The Morgan fingerprint density at radius 3 is 2.81 bits per heavy atom. The topological polar surface area (TPSA) is 92.5 Å². The van der Waals surface area contributed by atoms with E-state index >= 15 is 0 Å². The normalized spacial score (nSPS) is 24.0. The molecule has 2 aromatic heterocycles. The van der Waals surface area contributed by atoms with Gasteiger partial charge in [-0.05, 0) is 12.5 Å². The van der Waals surface area contributed by atoms with Crippen molar-refractivity contribution in [1.82, 2.24) is 14.8 Å². The summed E-state index contributed by atoms with van der Waals surface area (Å²) in [5, 5.41) is 7.64. The fourth-order valence-electron chi connectivity index (χ4n) is 3.38.